The number of nitrogens with one attached hydrogen (secondary N) is 1. The molecule has 0 atom stereocenters. The summed E-state index contributed by atoms with van der Waals surface area (Å²) in [4.78, 5) is 23.4. The molecule has 6 heteroatoms. The highest BCUT2D eigenvalue weighted by Gasteiger charge is 2.14. The van der Waals surface area contributed by atoms with Crippen molar-refractivity contribution in [3.05, 3.63) is 105 Å². The first-order valence-electron chi connectivity index (χ1n) is 8.53. The fourth-order valence-electron chi connectivity index (χ4n) is 2.68. The standard InChI is InChI=1S/C22H17ClN2O3/c1-15-7-10-18(23)14-21(15)24-22(26)20(17-5-3-2-4-6-17)13-16-8-11-19(12-9-16)25(27)28/h2-14H,1H3,(H,24,26)/b20-13+. The summed E-state index contributed by atoms with van der Waals surface area (Å²) in [6.45, 7) is 1.88. The van der Waals surface area contributed by atoms with Crippen LogP contribution in [0.15, 0.2) is 72.8 Å². The van der Waals surface area contributed by atoms with Gasteiger partial charge in [0.05, 0.1) is 4.92 Å². The van der Waals surface area contributed by atoms with Gasteiger partial charge in [-0.3, -0.25) is 14.9 Å². The Labute approximate surface area is 167 Å². The minimum atomic E-state index is -0.458. The Morgan fingerprint density at radius 1 is 1.04 bits per heavy atom. The summed E-state index contributed by atoms with van der Waals surface area (Å²) in [6.07, 6.45) is 1.70. The molecule has 0 aromatic heterocycles. The molecule has 0 fully saturated rings. The van der Waals surface area contributed by atoms with Crippen molar-refractivity contribution in [2.45, 2.75) is 6.92 Å². The van der Waals surface area contributed by atoms with Gasteiger partial charge in [-0.1, -0.05) is 48.0 Å². The molecule has 0 aliphatic heterocycles. The lowest BCUT2D eigenvalue weighted by atomic mass is 10.0. The van der Waals surface area contributed by atoms with Gasteiger partial charge in [0.15, 0.2) is 0 Å². The second-order valence-electron chi connectivity index (χ2n) is 6.19. The molecule has 28 heavy (non-hydrogen) atoms. The fourth-order valence-corrected chi connectivity index (χ4v) is 2.85. The molecule has 0 aliphatic rings. The van der Waals surface area contributed by atoms with E-state index in [9.17, 15) is 14.9 Å². The monoisotopic (exact) mass is 392 g/mol. The average Bonchev–Trinajstić information content (AvgIpc) is 2.70. The van der Waals surface area contributed by atoms with Crippen molar-refractivity contribution >= 4 is 40.5 Å². The molecule has 3 rings (SSSR count). The second-order valence-corrected chi connectivity index (χ2v) is 6.62. The maximum atomic E-state index is 13.0. The lowest BCUT2D eigenvalue weighted by molar-refractivity contribution is -0.384. The van der Waals surface area contributed by atoms with Crippen LogP contribution in [0.25, 0.3) is 11.6 Å². The summed E-state index contributed by atoms with van der Waals surface area (Å²) >= 11 is 6.05. The van der Waals surface area contributed by atoms with Crippen LogP contribution in [0.2, 0.25) is 5.02 Å². The predicted molar refractivity (Wildman–Crippen MR) is 112 cm³/mol. The first kappa shape index (κ1) is 19.3. The molecule has 5 nitrogen and oxygen atoms in total. The fraction of sp³-hybridized carbons (Fsp3) is 0.0455. The van der Waals surface area contributed by atoms with Crippen molar-refractivity contribution in [1.29, 1.82) is 0 Å². The molecule has 0 aliphatic carbocycles. The summed E-state index contributed by atoms with van der Waals surface area (Å²) in [5, 5.41) is 14.3. The summed E-state index contributed by atoms with van der Waals surface area (Å²) in [6, 6.07) is 20.6. The third-order valence-corrected chi connectivity index (χ3v) is 4.43. The number of non-ortho nitro benzene ring substituents is 1. The Kier molecular flexibility index (Phi) is 5.87. The molecular weight excluding hydrogens is 376 g/mol. The number of carbonyl (C=O) groups is 1. The van der Waals surface area contributed by atoms with Gasteiger partial charge in [0.1, 0.15) is 0 Å². The topological polar surface area (TPSA) is 72.2 Å². The van der Waals surface area contributed by atoms with Crippen LogP contribution in [-0.2, 0) is 4.79 Å². The van der Waals surface area contributed by atoms with E-state index in [0.29, 0.717) is 21.8 Å². The van der Waals surface area contributed by atoms with Crippen LogP contribution in [-0.4, -0.2) is 10.8 Å². The van der Waals surface area contributed by atoms with Crippen molar-refractivity contribution in [2.24, 2.45) is 0 Å². The van der Waals surface area contributed by atoms with Gasteiger partial charge in [0.25, 0.3) is 11.6 Å². The Morgan fingerprint density at radius 3 is 2.36 bits per heavy atom. The number of benzene rings is 3. The van der Waals surface area contributed by atoms with Crippen molar-refractivity contribution in [1.82, 2.24) is 0 Å². The first-order chi connectivity index (χ1) is 13.4. The quantitative estimate of drug-likeness (QED) is 0.260. The van der Waals surface area contributed by atoms with Crippen molar-refractivity contribution in [3.63, 3.8) is 0 Å². The first-order valence-corrected chi connectivity index (χ1v) is 8.91. The van der Waals surface area contributed by atoms with E-state index >= 15 is 0 Å². The number of hydrogen-bond acceptors (Lipinski definition) is 3. The van der Waals surface area contributed by atoms with E-state index in [1.165, 1.54) is 12.1 Å². The highest BCUT2D eigenvalue weighted by atomic mass is 35.5. The largest absolute Gasteiger partial charge is 0.322 e. The molecule has 140 valence electrons. The van der Waals surface area contributed by atoms with Gasteiger partial charge in [-0.2, -0.15) is 0 Å². The Bertz CT molecular complexity index is 1050. The summed E-state index contributed by atoms with van der Waals surface area (Å²) in [5.74, 6) is -0.296. The predicted octanol–water partition coefficient (Wildman–Crippen LogP) is 5.74. The van der Waals surface area contributed by atoms with E-state index in [1.807, 2.05) is 43.3 Å². The Hall–Kier alpha value is -3.44. The zero-order valence-electron chi connectivity index (χ0n) is 15.1. The third kappa shape index (κ3) is 4.64. The molecule has 0 saturated heterocycles. The van der Waals surface area contributed by atoms with Crippen molar-refractivity contribution < 1.29 is 9.72 Å². The maximum absolute atomic E-state index is 13.0. The number of carbonyl (C=O) groups excluding carboxylic acids is 1. The number of nitro groups is 1. The van der Waals surface area contributed by atoms with Gasteiger partial charge >= 0.3 is 0 Å². The maximum Gasteiger partial charge on any atom is 0.269 e. The van der Waals surface area contributed by atoms with Gasteiger partial charge in [0, 0.05) is 28.4 Å². The third-order valence-electron chi connectivity index (χ3n) is 4.19. The Morgan fingerprint density at radius 2 is 1.71 bits per heavy atom. The van der Waals surface area contributed by atoms with Crippen molar-refractivity contribution in [2.75, 3.05) is 5.32 Å². The molecule has 0 spiro atoms. The van der Waals surface area contributed by atoms with Gasteiger partial charge in [-0.05, 0) is 54.0 Å². The number of nitrogens with zero attached hydrogens (tertiary/aromatic N) is 1. The van der Waals surface area contributed by atoms with Crippen molar-refractivity contribution in [3.8, 4) is 0 Å². The normalized spacial score (nSPS) is 11.1. The molecule has 0 bridgehead atoms. The molecule has 3 aromatic rings. The van der Waals surface area contributed by atoms with E-state index in [-0.39, 0.29) is 11.6 Å². The number of amides is 1. The van der Waals surface area contributed by atoms with Gasteiger partial charge in [-0.15, -0.1) is 0 Å². The summed E-state index contributed by atoms with van der Waals surface area (Å²) < 4.78 is 0. The molecule has 0 saturated carbocycles. The number of rotatable bonds is 5. The van der Waals surface area contributed by atoms with Gasteiger partial charge < -0.3 is 5.32 Å². The van der Waals surface area contributed by atoms with E-state index in [1.54, 1.807) is 30.3 Å². The van der Waals surface area contributed by atoms with E-state index in [0.717, 1.165) is 11.1 Å². The minimum Gasteiger partial charge on any atom is -0.322 e. The minimum absolute atomic E-state index is 0.00239. The van der Waals surface area contributed by atoms with Crippen LogP contribution >= 0.6 is 11.6 Å². The highest BCUT2D eigenvalue weighted by molar-refractivity contribution is 6.32. The average molecular weight is 393 g/mol. The molecule has 1 amide bonds. The van der Waals surface area contributed by atoms with Crippen LogP contribution in [0.5, 0.6) is 0 Å². The summed E-state index contributed by atoms with van der Waals surface area (Å²) in [5.41, 5.74) is 3.37. The summed E-state index contributed by atoms with van der Waals surface area (Å²) in [7, 11) is 0. The molecule has 0 heterocycles. The molecule has 1 N–H and O–H groups in total. The van der Waals surface area contributed by atoms with E-state index < -0.39 is 4.92 Å². The SMILES string of the molecule is Cc1ccc(Cl)cc1NC(=O)/C(=C/c1ccc([N+](=O)[O-])cc1)c1ccccc1. The number of hydrogen-bond donors (Lipinski definition) is 1. The van der Waals surface area contributed by atoms with Crippen LogP contribution in [0.1, 0.15) is 16.7 Å². The second kappa shape index (κ2) is 8.50. The molecular formula is C22H17ClN2O3. The van der Waals surface area contributed by atoms with Crippen LogP contribution in [0.3, 0.4) is 0 Å². The van der Waals surface area contributed by atoms with E-state index in [4.69, 9.17) is 11.6 Å². The number of aryl methyl sites for hydroxylation is 1. The zero-order valence-corrected chi connectivity index (χ0v) is 15.8. The highest BCUT2D eigenvalue weighted by Crippen LogP contribution is 2.25. The smallest absolute Gasteiger partial charge is 0.269 e. The van der Waals surface area contributed by atoms with Crippen LogP contribution in [0, 0.1) is 17.0 Å². The van der Waals surface area contributed by atoms with Gasteiger partial charge in [-0.25, -0.2) is 0 Å². The molecule has 0 radical (unpaired) electrons. The number of anilines is 1. The Balaban J connectivity index is 1.98. The lowest BCUT2D eigenvalue weighted by Crippen LogP contribution is -2.14. The zero-order chi connectivity index (χ0) is 20.1. The number of nitro benzene ring substituents is 1. The lowest BCUT2D eigenvalue weighted by Gasteiger charge is -2.12. The molecule has 0 unspecified atom stereocenters. The van der Waals surface area contributed by atoms with Crippen LogP contribution in [0.4, 0.5) is 11.4 Å². The number of halogens is 1. The van der Waals surface area contributed by atoms with E-state index in [2.05, 4.69) is 5.32 Å². The molecule has 3 aromatic carbocycles. The van der Waals surface area contributed by atoms with Crippen LogP contribution < -0.4 is 5.32 Å². The van der Waals surface area contributed by atoms with Gasteiger partial charge in [0.2, 0.25) is 0 Å².